The molecule has 0 unspecified atom stereocenters. The summed E-state index contributed by atoms with van der Waals surface area (Å²) in [4.78, 5) is 2.64. The number of hydrogen-bond acceptors (Lipinski definition) is 3. The van der Waals surface area contributed by atoms with Gasteiger partial charge in [-0.15, -0.1) is 24.8 Å². The van der Waals surface area contributed by atoms with E-state index in [2.05, 4.69) is 60.5 Å². The molecule has 0 saturated carbocycles. The van der Waals surface area contributed by atoms with Crippen LogP contribution in [0, 0.1) is 5.92 Å². The Morgan fingerprint density at radius 1 is 1.00 bits per heavy atom. The second kappa shape index (κ2) is 10.2. The van der Waals surface area contributed by atoms with Gasteiger partial charge in [0, 0.05) is 37.6 Å². The molecule has 1 atom stereocenters. The van der Waals surface area contributed by atoms with E-state index in [1.807, 2.05) is 0 Å². The largest absolute Gasteiger partial charge is 0.496 e. The second-order valence-electron chi connectivity index (χ2n) is 6.83. The minimum Gasteiger partial charge on any atom is -0.496 e. The normalized spacial score (nSPS) is 16.2. The number of piperazine rings is 1. The number of halogens is 2. The van der Waals surface area contributed by atoms with Crippen LogP contribution in [-0.4, -0.2) is 38.2 Å². The van der Waals surface area contributed by atoms with Gasteiger partial charge in [-0.1, -0.05) is 44.2 Å². The van der Waals surface area contributed by atoms with Crippen LogP contribution in [0.5, 0.6) is 5.75 Å². The highest BCUT2D eigenvalue weighted by atomic mass is 35.5. The lowest BCUT2D eigenvalue weighted by Crippen LogP contribution is -2.45. The Bertz CT molecular complexity index is 657. The van der Waals surface area contributed by atoms with Crippen LogP contribution in [0.15, 0.2) is 36.4 Å². The van der Waals surface area contributed by atoms with Gasteiger partial charge in [0.25, 0.3) is 0 Å². The highest BCUT2D eigenvalue weighted by Crippen LogP contribution is 2.36. The van der Waals surface area contributed by atoms with Crippen molar-refractivity contribution in [3.05, 3.63) is 42.0 Å². The van der Waals surface area contributed by atoms with Crippen LogP contribution < -0.4 is 10.1 Å². The van der Waals surface area contributed by atoms with Crippen molar-refractivity contribution in [2.45, 2.75) is 26.3 Å². The average Bonchev–Trinajstić information content (AvgIpc) is 2.59. The van der Waals surface area contributed by atoms with Gasteiger partial charge >= 0.3 is 0 Å². The summed E-state index contributed by atoms with van der Waals surface area (Å²) in [6, 6.07) is 13.5. The van der Waals surface area contributed by atoms with E-state index >= 15 is 0 Å². The highest BCUT2D eigenvalue weighted by molar-refractivity contribution is 5.91. The fourth-order valence-corrected chi connectivity index (χ4v) is 3.68. The van der Waals surface area contributed by atoms with Crippen molar-refractivity contribution >= 4 is 35.6 Å². The number of benzene rings is 2. The van der Waals surface area contributed by atoms with E-state index in [-0.39, 0.29) is 24.8 Å². The summed E-state index contributed by atoms with van der Waals surface area (Å²) in [5.41, 5.74) is 1.44. The summed E-state index contributed by atoms with van der Waals surface area (Å²) in [5, 5.41) is 6.02. The molecule has 1 saturated heterocycles. The second-order valence-corrected chi connectivity index (χ2v) is 6.83. The predicted molar refractivity (Wildman–Crippen MR) is 112 cm³/mol. The van der Waals surface area contributed by atoms with Crippen LogP contribution in [0.1, 0.15) is 31.9 Å². The Labute approximate surface area is 163 Å². The third-order valence-electron chi connectivity index (χ3n) is 4.78. The first-order valence-corrected chi connectivity index (χ1v) is 8.71. The molecule has 1 aliphatic rings. The minimum atomic E-state index is 0. The van der Waals surface area contributed by atoms with Crippen molar-refractivity contribution in [2.24, 2.45) is 5.92 Å². The maximum Gasteiger partial charge on any atom is 0.126 e. The maximum atomic E-state index is 5.57. The molecule has 0 amide bonds. The van der Waals surface area contributed by atoms with Crippen molar-refractivity contribution in [3.8, 4) is 5.75 Å². The summed E-state index contributed by atoms with van der Waals surface area (Å²) in [6.07, 6.45) is 1.19. The lowest BCUT2D eigenvalue weighted by Gasteiger charge is -2.37. The SMILES string of the molecule is COc1ccc([C@@H](CC(C)C)N2CCNCC2)c2ccccc12.Cl.Cl. The predicted octanol–water partition coefficient (Wildman–Crippen LogP) is 4.68. The fourth-order valence-electron chi connectivity index (χ4n) is 3.68. The fraction of sp³-hybridized carbons (Fsp3) is 0.500. The molecule has 1 heterocycles. The first-order chi connectivity index (χ1) is 11.2. The molecule has 3 rings (SSSR count). The summed E-state index contributed by atoms with van der Waals surface area (Å²) >= 11 is 0. The summed E-state index contributed by atoms with van der Waals surface area (Å²) in [7, 11) is 1.75. The number of hydrogen-bond donors (Lipinski definition) is 1. The van der Waals surface area contributed by atoms with Gasteiger partial charge in [0.2, 0.25) is 0 Å². The van der Waals surface area contributed by atoms with Gasteiger partial charge in [-0.3, -0.25) is 4.90 Å². The van der Waals surface area contributed by atoms with Crippen LogP contribution in [0.4, 0.5) is 0 Å². The Morgan fingerprint density at radius 2 is 1.64 bits per heavy atom. The van der Waals surface area contributed by atoms with Crippen molar-refractivity contribution in [1.82, 2.24) is 10.2 Å². The summed E-state index contributed by atoms with van der Waals surface area (Å²) in [5.74, 6) is 1.64. The number of rotatable bonds is 5. The van der Waals surface area contributed by atoms with Crippen LogP contribution in [0.25, 0.3) is 10.8 Å². The molecule has 140 valence electrons. The molecule has 2 aromatic carbocycles. The van der Waals surface area contributed by atoms with Crippen molar-refractivity contribution in [2.75, 3.05) is 33.3 Å². The molecule has 3 nitrogen and oxygen atoms in total. The number of fused-ring (bicyclic) bond motifs is 1. The smallest absolute Gasteiger partial charge is 0.126 e. The summed E-state index contributed by atoms with van der Waals surface area (Å²) in [6.45, 7) is 9.06. The maximum absolute atomic E-state index is 5.57. The zero-order valence-corrected chi connectivity index (χ0v) is 17.0. The van der Waals surface area contributed by atoms with E-state index < -0.39 is 0 Å². The molecule has 1 fully saturated rings. The Kier molecular flexibility index (Phi) is 9.01. The molecule has 5 heteroatoms. The van der Waals surface area contributed by atoms with Crippen molar-refractivity contribution in [1.29, 1.82) is 0 Å². The molecule has 0 aliphatic carbocycles. The molecule has 0 radical (unpaired) electrons. The van der Waals surface area contributed by atoms with Gasteiger partial charge in [-0.25, -0.2) is 0 Å². The number of methoxy groups -OCH3 is 1. The van der Waals surface area contributed by atoms with E-state index in [4.69, 9.17) is 4.74 Å². The summed E-state index contributed by atoms with van der Waals surface area (Å²) < 4.78 is 5.57. The Balaban J connectivity index is 0.00000156. The topological polar surface area (TPSA) is 24.5 Å². The first kappa shape index (κ1) is 22.0. The average molecular weight is 385 g/mol. The van der Waals surface area contributed by atoms with E-state index in [0.29, 0.717) is 12.0 Å². The van der Waals surface area contributed by atoms with Crippen molar-refractivity contribution < 1.29 is 4.74 Å². The molecule has 0 spiro atoms. The molecule has 25 heavy (non-hydrogen) atoms. The third-order valence-corrected chi connectivity index (χ3v) is 4.78. The lowest BCUT2D eigenvalue weighted by atomic mass is 9.91. The van der Waals surface area contributed by atoms with Crippen LogP contribution >= 0.6 is 24.8 Å². The Hall–Kier alpha value is -1.000. The van der Waals surface area contributed by atoms with E-state index in [0.717, 1.165) is 31.9 Å². The number of ether oxygens (including phenoxy) is 1. The van der Waals surface area contributed by atoms with Gasteiger partial charge in [-0.05, 0) is 29.4 Å². The van der Waals surface area contributed by atoms with Crippen LogP contribution in [0.2, 0.25) is 0 Å². The van der Waals surface area contributed by atoms with Gasteiger partial charge in [0.1, 0.15) is 5.75 Å². The zero-order chi connectivity index (χ0) is 16.2. The van der Waals surface area contributed by atoms with Gasteiger partial charge in [-0.2, -0.15) is 0 Å². The molecular weight excluding hydrogens is 355 g/mol. The highest BCUT2D eigenvalue weighted by Gasteiger charge is 2.25. The first-order valence-electron chi connectivity index (χ1n) is 8.71. The molecule has 1 N–H and O–H groups in total. The molecule has 2 aromatic rings. The van der Waals surface area contributed by atoms with Crippen LogP contribution in [-0.2, 0) is 0 Å². The van der Waals surface area contributed by atoms with Crippen molar-refractivity contribution in [3.63, 3.8) is 0 Å². The molecule has 0 bridgehead atoms. The van der Waals surface area contributed by atoms with E-state index in [9.17, 15) is 0 Å². The molecule has 0 aromatic heterocycles. The number of nitrogens with one attached hydrogen (secondary N) is 1. The molecule has 1 aliphatic heterocycles. The zero-order valence-electron chi connectivity index (χ0n) is 15.3. The Morgan fingerprint density at radius 3 is 2.24 bits per heavy atom. The number of nitrogens with zero attached hydrogens (tertiary/aromatic N) is 1. The lowest BCUT2D eigenvalue weighted by molar-refractivity contribution is 0.155. The minimum absolute atomic E-state index is 0. The van der Waals surface area contributed by atoms with Gasteiger partial charge < -0.3 is 10.1 Å². The monoisotopic (exact) mass is 384 g/mol. The van der Waals surface area contributed by atoms with Crippen LogP contribution in [0.3, 0.4) is 0 Å². The van der Waals surface area contributed by atoms with E-state index in [1.54, 1.807) is 7.11 Å². The standard InChI is InChI=1S/C20H28N2O.2ClH/c1-15(2)14-19(22-12-10-21-11-13-22)17-8-9-20(23-3)18-7-5-4-6-16(17)18;;/h4-9,15,19,21H,10-14H2,1-3H3;2*1H/t19-;;/m1../s1. The van der Waals surface area contributed by atoms with E-state index in [1.165, 1.54) is 22.8 Å². The third kappa shape index (κ3) is 5.01. The molecular formula is C20H30Cl2N2O. The quantitative estimate of drug-likeness (QED) is 0.809. The van der Waals surface area contributed by atoms with Gasteiger partial charge in [0.15, 0.2) is 0 Å². The van der Waals surface area contributed by atoms with Gasteiger partial charge in [0.05, 0.1) is 7.11 Å².